The van der Waals surface area contributed by atoms with Crippen LogP contribution in [-0.4, -0.2) is 20.3 Å². The molecule has 0 amide bonds. The van der Waals surface area contributed by atoms with Gasteiger partial charge in [-0.3, -0.25) is 0 Å². The van der Waals surface area contributed by atoms with Crippen molar-refractivity contribution in [1.82, 2.24) is 20.3 Å². The first-order valence-corrected chi connectivity index (χ1v) is 6.37. The summed E-state index contributed by atoms with van der Waals surface area (Å²) < 4.78 is 10.3. The Kier molecular flexibility index (Phi) is 2.67. The largest absolute Gasteiger partial charge is 0.360 e. The molecule has 3 heterocycles. The van der Waals surface area contributed by atoms with E-state index in [4.69, 9.17) is 9.05 Å². The summed E-state index contributed by atoms with van der Waals surface area (Å²) in [5, 5.41) is 9.64. The lowest BCUT2D eigenvalue weighted by molar-refractivity contribution is 0.368. The van der Waals surface area contributed by atoms with E-state index in [2.05, 4.69) is 20.3 Å². The molecule has 0 N–H and O–H groups in total. The Balaban J connectivity index is 1.93. The second-order valence-electron chi connectivity index (χ2n) is 4.07. The van der Waals surface area contributed by atoms with Gasteiger partial charge in [0.05, 0.1) is 5.51 Å². The van der Waals surface area contributed by atoms with Gasteiger partial charge in [0.15, 0.2) is 5.69 Å². The average molecular weight is 262 g/mol. The summed E-state index contributed by atoms with van der Waals surface area (Å²) in [4.78, 5) is 8.36. The van der Waals surface area contributed by atoms with Crippen LogP contribution in [0, 0.1) is 0 Å². The van der Waals surface area contributed by atoms with Crippen LogP contribution < -0.4 is 0 Å². The summed E-state index contributed by atoms with van der Waals surface area (Å²) in [6.45, 7) is 4.05. The number of hydrogen-bond donors (Lipinski definition) is 0. The molecule has 3 aromatic rings. The van der Waals surface area contributed by atoms with Crippen molar-refractivity contribution >= 4 is 11.3 Å². The van der Waals surface area contributed by atoms with Gasteiger partial charge in [0.2, 0.25) is 5.82 Å². The third-order valence-electron chi connectivity index (χ3n) is 2.40. The van der Waals surface area contributed by atoms with E-state index < -0.39 is 0 Å². The SMILES string of the molecule is CC(C)c1cc(-c2nc(-c3cscn3)no2)no1. The van der Waals surface area contributed by atoms with E-state index in [1.807, 2.05) is 25.3 Å². The fraction of sp³-hybridized carbons (Fsp3) is 0.273. The number of nitrogens with zero attached hydrogens (tertiary/aromatic N) is 4. The van der Waals surface area contributed by atoms with Crippen LogP contribution in [0.25, 0.3) is 23.1 Å². The maximum absolute atomic E-state index is 5.19. The van der Waals surface area contributed by atoms with Crippen molar-refractivity contribution in [2.45, 2.75) is 19.8 Å². The fourth-order valence-electron chi connectivity index (χ4n) is 1.42. The molecular formula is C11H10N4O2S. The number of rotatable bonds is 3. The molecule has 0 aliphatic rings. The van der Waals surface area contributed by atoms with E-state index in [9.17, 15) is 0 Å². The molecule has 7 heteroatoms. The zero-order valence-electron chi connectivity index (χ0n) is 9.82. The van der Waals surface area contributed by atoms with Crippen molar-refractivity contribution < 1.29 is 9.05 Å². The summed E-state index contributed by atoms with van der Waals surface area (Å²) in [5.41, 5.74) is 2.97. The molecule has 6 nitrogen and oxygen atoms in total. The molecule has 92 valence electrons. The Hall–Kier alpha value is -2.02. The molecule has 0 bridgehead atoms. The van der Waals surface area contributed by atoms with Gasteiger partial charge in [-0.2, -0.15) is 4.98 Å². The van der Waals surface area contributed by atoms with Crippen LogP contribution in [0.1, 0.15) is 25.5 Å². The van der Waals surface area contributed by atoms with E-state index in [0.717, 1.165) is 5.76 Å². The highest BCUT2D eigenvalue weighted by atomic mass is 32.1. The van der Waals surface area contributed by atoms with Crippen LogP contribution in [-0.2, 0) is 0 Å². The molecule has 0 saturated heterocycles. The fourth-order valence-corrected chi connectivity index (χ4v) is 1.95. The lowest BCUT2D eigenvalue weighted by Gasteiger charge is -1.92. The molecule has 0 atom stereocenters. The normalized spacial score (nSPS) is 11.3. The summed E-state index contributed by atoms with van der Waals surface area (Å²) in [5.74, 6) is 1.86. The Morgan fingerprint density at radius 2 is 2.06 bits per heavy atom. The maximum Gasteiger partial charge on any atom is 0.280 e. The molecule has 0 aromatic carbocycles. The Labute approximate surface area is 107 Å². The first-order valence-electron chi connectivity index (χ1n) is 5.43. The molecule has 0 saturated carbocycles. The minimum Gasteiger partial charge on any atom is -0.360 e. The Bertz CT molecular complexity index is 642. The number of aromatic nitrogens is 4. The second kappa shape index (κ2) is 4.34. The minimum absolute atomic E-state index is 0.271. The highest BCUT2D eigenvalue weighted by Crippen LogP contribution is 2.24. The minimum atomic E-state index is 0.271. The lowest BCUT2D eigenvalue weighted by Crippen LogP contribution is -1.81. The van der Waals surface area contributed by atoms with Crippen molar-refractivity contribution in [3.8, 4) is 23.1 Å². The topological polar surface area (TPSA) is 77.8 Å². The first-order chi connectivity index (χ1) is 8.74. The van der Waals surface area contributed by atoms with Crippen LogP contribution in [0.15, 0.2) is 26.0 Å². The highest BCUT2D eigenvalue weighted by Gasteiger charge is 2.16. The van der Waals surface area contributed by atoms with Gasteiger partial charge in [-0.25, -0.2) is 4.98 Å². The van der Waals surface area contributed by atoms with Crippen LogP contribution >= 0.6 is 11.3 Å². The van der Waals surface area contributed by atoms with E-state index in [1.54, 1.807) is 5.51 Å². The van der Waals surface area contributed by atoms with Gasteiger partial charge in [0.1, 0.15) is 11.5 Å². The molecule has 0 aliphatic carbocycles. The number of hydrogen-bond acceptors (Lipinski definition) is 7. The van der Waals surface area contributed by atoms with Crippen molar-refractivity contribution in [1.29, 1.82) is 0 Å². The quantitative estimate of drug-likeness (QED) is 0.722. The van der Waals surface area contributed by atoms with Gasteiger partial charge in [-0.1, -0.05) is 24.2 Å². The van der Waals surface area contributed by atoms with Gasteiger partial charge in [0.25, 0.3) is 5.89 Å². The third kappa shape index (κ3) is 1.92. The van der Waals surface area contributed by atoms with E-state index >= 15 is 0 Å². The molecule has 0 unspecified atom stereocenters. The van der Waals surface area contributed by atoms with E-state index in [-0.39, 0.29) is 5.92 Å². The Morgan fingerprint density at radius 3 is 2.72 bits per heavy atom. The zero-order chi connectivity index (χ0) is 12.5. The summed E-state index contributed by atoms with van der Waals surface area (Å²) in [6, 6.07) is 1.81. The van der Waals surface area contributed by atoms with Crippen molar-refractivity contribution in [3.05, 3.63) is 22.7 Å². The van der Waals surface area contributed by atoms with Gasteiger partial charge in [0, 0.05) is 17.4 Å². The van der Waals surface area contributed by atoms with Gasteiger partial charge in [-0.05, 0) is 0 Å². The summed E-state index contributed by atoms with van der Waals surface area (Å²) in [7, 11) is 0. The van der Waals surface area contributed by atoms with Crippen LogP contribution in [0.2, 0.25) is 0 Å². The monoisotopic (exact) mass is 262 g/mol. The molecule has 0 spiro atoms. The van der Waals surface area contributed by atoms with E-state index in [1.165, 1.54) is 11.3 Å². The van der Waals surface area contributed by atoms with E-state index in [0.29, 0.717) is 23.1 Å². The van der Waals surface area contributed by atoms with Crippen molar-refractivity contribution in [3.63, 3.8) is 0 Å². The molecule has 0 radical (unpaired) electrons. The Morgan fingerprint density at radius 1 is 1.17 bits per heavy atom. The van der Waals surface area contributed by atoms with Gasteiger partial charge in [-0.15, -0.1) is 11.3 Å². The van der Waals surface area contributed by atoms with Gasteiger partial charge >= 0.3 is 0 Å². The predicted molar refractivity (Wildman–Crippen MR) is 65.0 cm³/mol. The van der Waals surface area contributed by atoms with Crippen molar-refractivity contribution in [2.24, 2.45) is 0 Å². The average Bonchev–Trinajstić information content (AvgIpc) is 3.10. The first kappa shape index (κ1) is 11.1. The highest BCUT2D eigenvalue weighted by molar-refractivity contribution is 7.07. The maximum atomic E-state index is 5.19. The molecule has 3 aromatic heterocycles. The zero-order valence-corrected chi connectivity index (χ0v) is 10.6. The second-order valence-corrected chi connectivity index (χ2v) is 4.78. The molecule has 3 rings (SSSR count). The molecular weight excluding hydrogens is 252 g/mol. The van der Waals surface area contributed by atoms with Gasteiger partial charge < -0.3 is 9.05 Å². The van der Waals surface area contributed by atoms with Crippen LogP contribution in [0.3, 0.4) is 0 Å². The van der Waals surface area contributed by atoms with Crippen LogP contribution in [0.4, 0.5) is 0 Å². The molecule has 0 fully saturated rings. The summed E-state index contributed by atoms with van der Waals surface area (Å²) >= 11 is 1.48. The predicted octanol–water partition coefficient (Wildman–Crippen LogP) is 2.97. The van der Waals surface area contributed by atoms with Crippen molar-refractivity contribution in [2.75, 3.05) is 0 Å². The standard InChI is InChI=1S/C11H10N4O2S/c1-6(2)9-3-7(14-16-9)11-13-10(15-17-11)8-4-18-5-12-8/h3-6H,1-2H3. The third-order valence-corrected chi connectivity index (χ3v) is 2.99. The molecule has 0 aliphatic heterocycles. The number of thiazole rings is 1. The lowest BCUT2D eigenvalue weighted by atomic mass is 10.1. The smallest absolute Gasteiger partial charge is 0.280 e. The summed E-state index contributed by atoms with van der Waals surface area (Å²) in [6.07, 6.45) is 0. The molecule has 18 heavy (non-hydrogen) atoms. The van der Waals surface area contributed by atoms with Crippen LogP contribution in [0.5, 0.6) is 0 Å².